The molecule has 0 N–H and O–H groups in total. The normalized spacial score (nSPS) is 19.3. The maximum absolute atomic E-state index is 2.69. The minimum absolute atomic E-state index is 0.559. The van der Waals surface area contributed by atoms with Gasteiger partial charge in [-0.3, -0.25) is 0 Å². The Morgan fingerprint density at radius 1 is 0.871 bits per heavy atom. The first-order chi connectivity index (χ1) is 15.3. The molecule has 31 heavy (non-hydrogen) atoms. The van der Waals surface area contributed by atoms with Gasteiger partial charge in [0.15, 0.2) is 0 Å². The molecule has 3 aromatic rings. The van der Waals surface area contributed by atoms with Crippen LogP contribution >= 0.6 is 0 Å². The van der Waals surface area contributed by atoms with E-state index in [0.717, 1.165) is 12.8 Å². The Labute approximate surface area is 197 Å². The van der Waals surface area contributed by atoms with Crippen LogP contribution in [0.3, 0.4) is 0 Å². The van der Waals surface area contributed by atoms with Gasteiger partial charge in [0.05, 0.1) is 0 Å². The van der Waals surface area contributed by atoms with E-state index in [0.29, 0.717) is 9.54 Å². The number of aryl methyl sites for hydroxylation is 2. The second-order valence-electron chi connectivity index (χ2n) is 9.37. The number of allylic oxidation sites excluding steroid dienone is 3. The molecule has 3 aliphatic carbocycles. The van der Waals surface area contributed by atoms with E-state index in [1.807, 2.05) is 0 Å². The first-order valence-electron chi connectivity index (χ1n) is 11.7. The van der Waals surface area contributed by atoms with Crippen molar-refractivity contribution < 1.29 is 23.2 Å². The van der Waals surface area contributed by atoms with Gasteiger partial charge >= 0.3 is 198 Å². The molecule has 0 aliphatic heterocycles. The standard InChI is InChI=1S/C21H21.C9H7.Zr/c1-15(16-6-3-2-4-7-16)12-19-10-11-20-13-17-8-5-9-18(17)14-21(19)20;1-2-5-9-7-3-6-8(9)4-1;/h2-4,6-7,10-11,13-15H,5,8-9,12H2,1H3;1-5H,6H2;. The number of fused-ring (bicyclic) bond motifs is 3. The molecule has 3 aliphatic rings. The van der Waals surface area contributed by atoms with Crippen molar-refractivity contribution in [1.29, 1.82) is 0 Å². The topological polar surface area (TPSA) is 0 Å². The molecule has 0 spiro atoms. The van der Waals surface area contributed by atoms with Crippen LogP contribution in [0.1, 0.15) is 68.3 Å². The van der Waals surface area contributed by atoms with Gasteiger partial charge in [-0.15, -0.1) is 0 Å². The van der Waals surface area contributed by atoms with Crippen LogP contribution in [0.2, 0.25) is 0 Å². The Bertz CT molecular complexity index is 1200. The zero-order chi connectivity index (χ0) is 20.8. The Hall–Kier alpha value is -1.98. The Morgan fingerprint density at radius 2 is 1.65 bits per heavy atom. The van der Waals surface area contributed by atoms with Crippen molar-refractivity contribution in [2.24, 2.45) is 0 Å². The van der Waals surface area contributed by atoms with Gasteiger partial charge in [-0.25, -0.2) is 0 Å². The van der Waals surface area contributed by atoms with Crippen LogP contribution in [0.4, 0.5) is 0 Å². The van der Waals surface area contributed by atoms with Gasteiger partial charge < -0.3 is 0 Å². The number of hydrogen-bond acceptors (Lipinski definition) is 0. The molecule has 2 unspecified atom stereocenters. The molecule has 1 heteroatoms. The predicted octanol–water partition coefficient (Wildman–Crippen LogP) is 7.49. The molecule has 0 bridgehead atoms. The molecule has 0 radical (unpaired) electrons. The quantitative estimate of drug-likeness (QED) is 0.356. The van der Waals surface area contributed by atoms with E-state index in [1.54, 1.807) is 36.7 Å². The molecule has 0 nitrogen and oxygen atoms in total. The van der Waals surface area contributed by atoms with E-state index in [1.165, 1.54) is 30.4 Å². The molecular weight excluding hydrogens is 452 g/mol. The second kappa shape index (κ2) is 8.18. The van der Waals surface area contributed by atoms with E-state index in [-0.39, 0.29) is 0 Å². The van der Waals surface area contributed by atoms with Crippen molar-refractivity contribution in [3.8, 4) is 0 Å². The summed E-state index contributed by atoms with van der Waals surface area (Å²) in [4.78, 5) is 0. The van der Waals surface area contributed by atoms with Gasteiger partial charge in [-0.1, -0.05) is 0 Å². The third kappa shape index (κ3) is 3.66. The van der Waals surface area contributed by atoms with Gasteiger partial charge in [0, 0.05) is 0 Å². The summed E-state index contributed by atoms with van der Waals surface area (Å²) in [6.07, 6.45) is 11.4. The maximum atomic E-state index is 2.69. The third-order valence-corrected chi connectivity index (χ3v) is 11.2. The molecule has 0 aromatic heterocycles. The summed E-state index contributed by atoms with van der Waals surface area (Å²) in [5, 5.41) is 0. The van der Waals surface area contributed by atoms with Crippen LogP contribution in [0.5, 0.6) is 0 Å². The fourth-order valence-corrected chi connectivity index (χ4v) is 9.69. The van der Waals surface area contributed by atoms with Crippen molar-refractivity contribution in [1.82, 2.24) is 0 Å². The summed E-state index contributed by atoms with van der Waals surface area (Å²) in [6, 6.07) is 25.3. The summed E-state index contributed by atoms with van der Waals surface area (Å²) >= 11 is -0.758. The molecule has 0 saturated carbocycles. The number of hydrogen-bond donors (Lipinski definition) is 0. The van der Waals surface area contributed by atoms with Crippen molar-refractivity contribution in [2.45, 2.75) is 48.6 Å². The van der Waals surface area contributed by atoms with Crippen LogP contribution in [0.15, 0.2) is 78.9 Å². The van der Waals surface area contributed by atoms with E-state index in [4.69, 9.17) is 0 Å². The Balaban J connectivity index is 1.34. The van der Waals surface area contributed by atoms with Gasteiger partial charge in [-0.2, -0.15) is 0 Å². The number of rotatable bonds is 5. The van der Waals surface area contributed by atoms with Gasteiger partial charge in [-0.05, 0) is 0 Å². The fraction of sp³-hybridized carbons (Fsp3) is 0.267. The van der Waals surface area contributed by atoms with Crippen molar-refractivity contribution in [3.63, 3.8) is 0 Å². The molecular formula is C30H28Zr. The molecule has 0 heterocycles. The summed E-state index contributed by atoms with van der Waals surface area (Å²) in [6.45, 7) is 2.40. The molecule has 6 rings (SSSR count). The third-order valence-electron chi connectivity index (χ3n) is 7.35. The van der Waals surface area contributed by atoms with E-state index in [2.05, 4.69) is 85.8 Å². The van der Waals surface area contributed by atoms with E-state index < -0.39 is 23.2 Å². The predicted molar refractivity (Wildman–Crippen MR) is 127 cm³/mol. The Morgan fingerprint density at radius 3 is 2.52 bits per heavy atom. The van der Waals surface area contributed by atoms with Gasteiger partial charge in [0.2, 0.25) is 0 Å². The summed E-state index contributed by atoms with van der Waals surface area (Å²) in [5.41, 5.74) is 12.7. The molecule has 152 valence electrons. The first kappa shape index (κ1) is 19.7. The molecule has 0 fully saturated rings. The molecule has 0 saturated heterocycles. The average Bonchev–Trinajstić information content (AvgIpc) is 3.51. The summed E-state index contributed by atoms with van der Waals surface area (Å²) < 4.78 is 2.39. The molecule has 2 atom stereocenters. The van der Waals surface area contributed by atoms with Crippen LogP contribution in [-0.2, 0) is 42.5 Å². The first-order valence-corrected chi connectivity index (χ1v) is 14.4. The molecule has 0 amide bonds. The SMILES string of the molecule is CC(CC1=C[CH]([Zr][C]2=CCc3ccccc32)c2cc3c(cc21)CCC3)c1ccccc1. The summed E-state index contributed by atoms with van der Waals surface area (Å²) in [7, 11) is 0. The molecule has 3 aromatic carbocycles. The van der Waals surface area contributed by atoms with Crippen LogP contribution in [0, 0.1) is 0 Å². The fourth-order valence-electron chi connectivity index (χ4n) is 5.67. The minimum atomic E-state index is -0.758. The second-order valence-corrected chi connectivity index (χ2v) is 12.9. The monoisotopic (exact) mass is 478 g/mol. The van der Waals surface area contributed by atoms with Gasteiger partial charge in [0.1, 0.15) is 0 Å². The average molecular weight is 480 g/mol. The van der Waals surface area contributed by atoms with Crippen LogP contribution < -0.4 is 0 Å². The number of benzene rings is 3. The van der Waals surface area contributed by atoms with E-state index in [9.17, 15) is 0 Å². The zero-order valence-corrected chi connectivity index (χ0v) is 20.7. The van der Waals surface area contributed by atoms with Crippen LogP contribution in [-0.4, -0.2) is 0 Å². The van der Waals surface area contributed by atoms with Gasteiger partial charge in [0.25, 0.3) is 0 Å². The van der Waals surface area contributed by atoms with Crippen molar-refractivity contribution in [3.05, 3.63) is 118 Å². The van der Waals surface area contributed by atoms with Crippen molar-refractivity contribution in [2.75, 3.05) is 0 Å². The van der Waals surface area contributed by atoms with E-state index >= 15 is 0 Å². The Kier molecular flexibility index (Phi) is 5.19. The van der Waals surface area contributed by atoms with Crippen molar-refractivity contribution >= 4 is 8.85 Å². The summed E-state index contributed by atoms with van der Waals surface area (Å²) in [5.74, 6) is 0.559. The zero-order valence-electron chi connectivity index (χ0n) is 18.2. The van der Waals surface area contributed by atoms with Crippen LogP contribution in [0.25, 0.3) is 8.85 Å².